The van der Waals surface area contributed by atoms with E-state index in [1.807, 2.05) is 51.1 Å². The molecule has 0 fully saturated rings. The van der Waals surface area contributed by atoms with Gasteiger partial charge in [0.1, 0.15) is 17.4 Å². The van der Waals surface area contributed by atoms with E-state index < -0.39 is 17.6 Å². The first-order valence-corrected chi connectivity index (χ1v) is 11.5. The van der Waals surface area contributed by atoms with Crippen LogP contribution in [0.5, 0.6) is 5.75 Å². The van der Waals surface area contributed by atoms with Crippen LogP contribution < -0.4 is 10.3 Å². The first-order valence-electron chi connectivity index (χ1n) is 11.5. The monoisotopic (exact) mass is 459 g/mol. The summed E-state index contributed by atoms with van der Waals surface area (Å²) in [4.78, 5) is 39.8. The fraction of sp³-hybridized carbons (Fsp3) is 0.321. The topological polar surface area (TPSA) is 74.6 Å². The van der Waals surface area contributed by atoms with Gasteiger partial charge in [0.25, 0.3) is 5.56 Å². The number of hydrogen-bond acceptors (Lipinski definition) is 5. The molecule has 0 N–H and O–H groups in total. The summed E-state index contributed by atoms with van der Waals surface area (Å²) in [7, 11) is 0. The summed E-state index contributed by atoms with van der Waals surface area (Å²) in [6.07, 6.45) is 0.334. The Bertz CT molecular complexity index is 1270. The minimum Gasteiger partial charge on any atom is -0.494 e. The molecule has 4 rings (SSSR count). The smallest absolute Gasteiger partial charge is 0.344 e. The molecule has 0 spiro atoms. The molecular formula is C28H29NO5. The van der Waals surface area contributed by atoms with E-state index >= 15 is 0 Å². The van der Waals surface area contributed by atoms with Crippen molar-refractivity contribution < 1.29 is 19.1 Å². The number of Topliss-reactive ketones (excluding diaryl/α,β-unsaturated/α-hetero) is 1. The first kappa shape index (κ1) is 23.5. The number of ether oxygens (including phenoxy) is 2. The van der Waals surface area contributed by atoms with E-state index in [0.29, 0.717) is 42.1 Å². The van der Waals surface area contributed by atoms with Crippen molar-refractivity contribution in [2.75, 3.05) is 6.61 Å². The van der Waals surface area contributed by atoms with Gasteiger partial charge < -0.3 is 9.47 Å². The molecule has 1 aromatic heterocycles. The molecule has 0 radical (unpaired) electrons. The van der Waals surface area contributed by atoms with Gasteiger partial charge in [-0.3, -0.25) is 14.2 Å². The maximum Gasteiger partial charge on any atom is 0.344 e. The predicted molar refractivity (Wildman–Crippen MR) is 130 cm³/mol. The third-order valence-electron chi connectivity index (χ3n) is 6.07. The number of pyridine rings is 1. The number of benzene rings is 2. The van der Waals surface area contributed by atoms with Crippen molar-refractivity contribution in [3.8, 4) is 11.4 Å². The SMILES string of the molecule is CCOc1ccc(-n2c3c(cc(C(=O)OC(C)c4ccccc4)c2=O)C(=O)CC(C)(C)C3)cc1. The molecule has 0 saturated heterocycles. The Labute approximate surface area is 199 Å². The summed E-state index contributed by atoms with van der Waals surface area (Å²) >= 11 is 0. The summed E-state index contributed by atoms with van der Waals surface area (Å²) in [5.41, 5.74) is 1.45. The van der Waals surface area contributed by atoms with Gasteiger partial charge >= 0.3 is 5.97 Å². The molecule has 2 aromatic carbocycles. The largest absolute Gasteiger partial charge is 0.494 e. The molecule has 0 amide bonds. The highest BCUT2D eigenvalue weighted by Gasteiger charge is 2.35. The van der Waals surface area contributed by atoms with Crippen LogP contribution in [0.3, 0.4) is 0 Å². The van der Waals surface area contributed by atoms with Crippen LogP contribution in [0.1, 0.15) is 72.2 Å². The van der Waals surface area contributed by atoms with Crippen LogP contribution in [0, 0.1) is 5.41 Å². The molecule has 0 aliphatic heterocycles. The Kier molecular flexibility index (Phi) is 6.42. The maximum atomic E-state index is 13.6. The second-order valence-electron chi connectivity index (χ2n) is 9.39. The Morgan fingerprint density at radius 1 is 1.03 bits per heavy atom. The summed E-state index contributed by atoms with van der Waals surface area (Å²) in [5, 5.41) is 0. The highest BCUT2D eigenvalue weighted by atomic mass is 16.5. The lowest BCUT2D eigenvalue weighted by atomic mass is 9.75. The van der Waals surface area contributed by atoms with Crippen LogP contribution in [0.4, 0.5) is 0 Å². The molecule has 1 heterocycles. The Morgan fingerprint density at radius 3 is 2.35 bits per heavy atom. The van der Waals surface area contributed by atoms with E-state index in [-0.39, 0.29) is 16.8 Å². The average molecular weight is 460 g/mol. The van der Waals surface area contributed by atoms with E-state index in [2.05, 4.69) is 0 Å². The third kappa shape index (κ3) is 4.67. The van der Waals surface area contributed by atoms with E-state index in [4.69, 9.17) is 9.47 Å². The van der Waals surface area contributed by atoms with Gasteiger partial charge in [0.2, 0.25) is 0 Å². The van der Waals surface area contributed by atoms with Crippen molar-refractivity contribution in [3.63, 3.8) is 0 Å². The number of ketones is 1. The van der Waals surface area contributed by atoms with Gasteiger partial charge in [-0.25, -0.2) is 4.79 Å². The average Bonchev–Trinajstić information content (AvgIpc) is 2.79. The predicted octanol–water partition coefficient (Wildman–Crippen LogP) is 5.31. The Morgan fingerprint density at radius 2 is 1.71 bits per heavy atom. The summed E-state index contributed by atoms with van der Waals surface area (Å²) in [6, 6.07) is 17.8. The van der Waals surface area contributed by atoms with Crippen LogP contribution in [-0.4, -0.2) is 22.9 Å². The molecular weight excluding hydrogens is 430 g/mol. The number of hydrogen-bond donors (Lipinski definition) is 0. The van der Waals surface area contributed by atoms with E-state index in [9.17, 15) is 14.4 Å². The zero-order valence-corrected chi connectivity index (χ0v) is 20.0. The second kappa shape index (κ2) is 9.29. The molecule has 1 aliphatic carbocycles. The zero-order valence-electron chi connectivity index (χ0n) is 20.0. The van der Waals surface area contributed by atoms with Crippen molar-refractivity contribution in [2.24, 2.45) is 5.41 Å². The van der Waals surface area contributed by atoms with Crippen LogP contribution in [0.2, 0.25) is 0 Å². The summed E-state index contributed by atoms with van der Waals surface area (Å²) in [6.45, 7) is 8.19. The maximum absolute atomic E-state index is 13.6. The minimum absolute atomic E-state index is 0.0869. The fourth-order valence-electron chi connectivity index (χ4n) is 4.41. The van der Waals surface area contributed by atoms with Gasteiger partial charge in [-0.15, -0.1) is 0 Å². The Balaban J connectivity index is 1.82. The van der Waals surface area contributed by atoms with Crippen molar-refractivity contribution >= 4 is 11.8 Å². The molecule has 6 heteroatoms. The second-order valence-corrected chi connectivity index (χ2v) is 9.39. The third-order valence-corrected chi connectivity index (χ3v) is 6.07. The number of fused-ring (bicyclic) bond motifs is 1. The molecule has 34 heavy (non-hydrogen) atoms. The molecule has 1 unspecified atom stereocenters. The summed E-state index contributed by atoms with van der Waals surface area (Å²) < 4.78 is 12.6. The number of carbonyl (C=O) groups is 2. The number of rotatable bonds is 6. The lowest BCUT2D eigenvalue weighted by Gasteiger charge is -2.32. The molecule has 176 valence electrons. The number of carbonyl (C=O) groups excluding carboxylic acids is 2. The molecule has 0 bridgehead atoms. The fourth-order valence-corrected chi connectivity index (χ4v) is 4.41. The highest BCUT2D eigenvalue weighted by Crippen LogP contribution is 2.35. The van der Waals surface area contributed by atoms with Crippen molar-refractivity contribution in [1.82, 2.24) is 4.57 Å². The summed E-state index contributed by atoms with van der Waals surface area (Å²) in [5.74, 6) is -0.158. The number of esters is 1. The quantitative estimate of drug-likeness (QED) is 0.467. The normalized spacial score (nSPS) is 15.4. The molecule has 0 saturated carbocycles. The van der Waals surface area contributed by atoms with E-state index in [0.717, 1.165) is 5.56 Å². The van der Waals surface area contributed by atoms with Gasteiger partial charge in [0.05, 0.1) is 6.61 Å². The van der Waals surface area contributed by atoms with Gasteiger partial charge in [0.15, 0.2) is 5.78 Å². The van der Waals surface area contributed by atoms with Crippen molar-refractivity contribution in [2.45, 2.75) is 46.6 Å². The van der Waals surface area contributed by atoms with Crippen LogP contribution in [0.25, 0.3) is 5.69 Å². The van der Waals surface area contributed by atoms with Crippen molar-refractivity contribution in [1.29, 1.82) is 0 Å². The highest BCUT2D eigenvalue weighted by molar-refractivity contribution is 6.01. The number of aromatic nitrogens is 1. The van der Waals surface area contributed by atoms with Crippen LogP contribution in [0.15, 0.2) is 65.5 Å². The Hall–Kier alpha value is -3.67. The van der Waals surface area contributed by atoms with E-state index in [1.165, 1.54) is 10.6 Å². The van der Waals surface area contributed by atoms with Gasteiger partial charge in [-0.1, -0.05) is 44.2 Å². The molecule has 3 aromatic rings. The van der Waals surface area contributed by atoms with Gasteiger partial charge in [-0.05, 0) is 61.6 Å². The lowest BCUT2D eigenvalue weighted by Crippen LogP contribution is -2.37. The zero-order chi connectivity index (χ0) is 24.5. The molecule has 1 atom stereocenters. The van der Waals surface area contributed by atoms with Crippen molar-refractivity contribution in [3.05, 3.63) is 93.4 Å². The van der Waals surface area contributed by atoms with Gasteiger partial charge in [0, 0.05) is 23.4 Å². The standard InChI is InChI=1S/C28H29NO5/c1-5-33-21-13-11-20(12-14-21)29-24-16-28(3,4)17-25(30)22(24)15-23(26(29)31)27(32)34-18(2)19-9-7-6-8-10-19/h6-15,18H,5,16-17H2,1-4H3. The minimum atomic E-state index is -0.749. The van der Waals surface area contributed by atoms with Gasteiger partial charge in [-0.2, -0.15) is 0 Å². The molecule has 6 nitrogen and oxygen atoms in total. The lowest BCUT2D eigenvalue weighted by molar-refractivity contribution is 0.0335. The molecule has 1 aliphatic rings. The van der Waals surface area contributed by atoms with E-state index in [1.54, 1.807) is 31.2 Å². The van der Waals surface area contributed by atoms with Crippen LogP contribution in [-0.2, 0) is 11.2 Å². The van der Waals surface area contributed by atoms with Crippen LogP contribution >= 0.6 is 0 Å². The first-order chi connectivity index (χ1) is 16.2. The number of nitrogens with zero attached hydrogens (tertiary/aromatic N) is 1.